The molecule has 2 N–H and O–H groups in total. The van der Waals surface area contributed by atoms with Gasteiger partial charge in [-0.05, 0) is 42.5 Å². The molecule has 1 aromatic heterocycles. The van der Waals surface area contributed by atoms with Crippen molar-refractivity contribution < 1.29 is 14.6 Å². The molecule has 0 fully saturated rings. The summed E-state index contributed by atoms with van der Waals surface area (Å²) in [4.78, 5) is 12.9. The van der Waals surface area contributed by atoms with Gasteiger partial charge in [0.15, 0.2) is 0 Å². The van der Waals surface area contributed by atoms with Crippen LogP contribution in [0.3, 0.4) is 0 Å². The van der Waals surface area contributed by atoms with E-state index in [1.807, 2.05) is 41.2 Å². The van der Waals surface area contributed by atoms with Crippen molar-refractivity contribution >= 4 is 5.91 Å². The lowest BCUT2D eigenvalue weighted by atomic mass is 9.69. The minimum absolute atomic E-state index is 0.0688. The van der Waals surface area contributed by atoms with Gasteiger partial charge in [0.1, 0.15) is 5.75 Å². The molecule has 0 radical (unpaired) electrons. The Bertz CT molecular complexity index is 1020. The van der Waals surface area contributed by atoms with Gasteiger partial charge in [0.05, 0.1) is 31.5 Å². The monoisotopic (exact) mass is 405 g/mol. The number of fused-ring (bicyclic) bond motifs is 1. The molecule has 1 aliphatic carbocycles. The molecular weight excluding hydrogens is 378 g/mol. The first-order chi connectivity index (χ1) is 14.6. The molecule has 0 spiro atoms. The molecule has 1 unspecified atom stereocenters. The largest absolute Gasteiger partial charge is 0.496 e. The second kappa shape index (κ2) is 8.71. The van der Waals surface area contributed by atoms with Crippen LogP contribution in [0.4, 0.5) is 0 Å². The fraction of sp³-hybridized carbons (Fsp3) is 0.333. The topological polar surface area (TPSA) is 76.4 Å². The quantitative estimate of drug-likeness (QED) is 0.634. The second-order valence-corrected chi connectivity index (χ2v) is 7.79. The van der Waals surface area contributed by atoms with Gasteiger partial charge in [0.2, 0.25) is 0 Å². The van der Waals surface area contributed by atoms with Crippen LogP contribution in [0.25, 0.3) is 0 Å². The molecule has 0 aliphatic heterocycles. The molecule has 30 heavy (non-hydrogen) atoms. The highest BCUT2D eigenvalue weighted by Crippen LogP contribution is 2.38. The molecule has 0 bridgehead atoms. The average molecular weight is 405 g/mol. The zero-order valence-electron chi connectivity index (χ0n) is 17.2. The van der Waals surface area contributed by atoms with Crippen LogP contribution in [0.15, 0.2) is 60.8 Å². The second-order valence-electron chi connectivity index (χ2n) is 7.79. The van der Waals surface area contributed by atoms with E-state index in [0.717, 1.165) is 25.0 Å². The van der Waals surface area contributed by atoms with E-state index in [9.17, 15) is 9.90 Å². The fourth-order valence-corrected chi connectivity index (χ4v) is 4.36. The average Bonchev–Trinajstić information content (AvgIpc) is 3.19. The number of carbonyl (C=O) groups is 1. The van der Waals surface area contributed by atoms with E-state index < -0.39 is 0 Å². The smallest absolute Gasteiger partial charge is 0.255 e. The minimum Gasteiger partial charge on any atom is -0.496 e. The summed E-state index contributed by atoms with van der Waals surface area (Å²) in [5, 5.41) is 17.0. The number of aliphatic hydroxyl groups excluding tert-OH is 1. The van der Waals surface area contributed by atoms with Crippen LogP contribution in [0.5, 0.6) is 5.75 Å². The van der Waals surface area contributed by atoms with Gasteiger partial charge < -0.3 is 15.2 Å². The summed E-state index contributed by atoms with van der Waals surface area (Å²) in [5.74, 6) is 0.435. The highest BCUT2D eigenvalue weighted by Gasteiger charge is 2.38. The molecule has 1 aliphatic rings. The van der Waals surface area contributed by atoms with E-state index in [-0.39, 0.29) is 17.9 Å². The third-order valence-electron chi connectivity index (χ3n) is 5.95. The Labute approximate surface area is 176 Å². The summed E-state index contributed by atoms with van der Waals surface area (Å²) in [5.41, 5.74) is 3.82. The number of aromatic nitrogens is 2. The lowest BCUT2D eigenvalue weighted by Crippen LogP contribution is -2.44. The fourth-order valence-electron chi connectivity index (χ4n) is 4.36. The molecule has 1 heterocycles. The predicted octanol–water partition coefficient (Wildman–Crippen LogP) is 2.74. The lowest BCUT2D eigenvalue weighted by Gasteiger charge is -2.37. The Balaban J connectivity index is 1.60. The molecule has 6 heteroatoms. The van der Waals surface area contributed by atoms with Crippen LogP contribution in [-0.2, 0) is 24.8 Å². The van der Waals surface area contributed by atoms with E-state index in [1.54, 1.807) is 19.2 Å². The van der Waals surface area contributed by atoms with Crippen molar-refractivity contribution in [3.63, 3.8) is 0 Å². The molecule has 1 amide bonds. The number of aliphatic hydroxyl groups is 1. The summed E-state index contributed by atoms with van der Waals surface area (Å²) in [6.07, 6.45) is 4.56. The third-order valence-corrected chi connectivity index (χ3v) is 5.95. The minimum atomic E-state index is -0.209. The number of nitrogens with one attached hydrogen (secondary N) is 1. The number of hydrogen-bond donors (Lipinski definition) is 2. The van der Waals surface area contributed by atoms with Crippen LogP contribution < -0.4 is 10.1 Å². The number of aryl methyl sites for hydroxylation is 1. The van der Waals surface area contributed by atoms with E-state index >= 15 is 0 Å². The number of carbonyl (C=O) groups excluding carboxylic acids is 1. The van der Waals surface area contributed by atoms with E-state index in [4.69, 9.17) is 4.74 Å². The van der Waals surface area contributed by atoms with Crippen molar-refractivity contribution in [3.05, 3.63) is 83.2 Å². The van der Waals surface area contributed by atoms with Crippen molar-refractivity contribution in [1.29, 1.82) is 0 Å². The van der Waals surface area contributed by atoms with Crippen LogP contribution in [0, 0.1) is 0 Å². The molecule has 6 nitrogen and oxygen atoms in total. The third kappa shape index (κ3) is 3.96. The molecule has 0 saturated heterocycles. The van der Waals surface area contributed by atoms with Crippen LogP contribution in [0.2, 0.25) is 0 Å². The van der Waals surface area contributed by atoms with Gasteiger partial charge in [-0.25, -0.2) is 0 Å². The van der Waals surface area contributed by atoms with Gasteiger partial charge in [-0.15, -0.1) is 0 Å². The first-order valence-corrected chi connectivity index (χ1v) is 10.3. The molecular formula is C24H27N3O3. The Morgan fingerprint density at radius 1 is 1.20 bits per heavy atom. The zero-order valence-corrected chi connectivity index (χ0v) is 17.2. The van der Waals surface area contributed by atoms with Crippen molar-refractivity contribution in [1.82, 2.24) is 15.1 Å². The first kappa shape index (κ1) is 20.2. The van der Waals surface area contributed by atoms with Gasteiger partial charge in [0, 0.05) is 18.2 Å². The first-order valence-electron chi connectivity index (χ1n) is 10.3. The van der Waals surface area contributed by atoms with Gasteiger partial charge in [-0.1, -0.05) is 42.5 Å². The van der Waals surface area contributed by atoms with Crippen LogP contribution in [-0.4, -0.2) is 41.1 Å². The normalized spacial score (nSPS) is 17.9. The molecule has 2 aromatic carbocycles. The molecule has 3 aromatic rings. The number of methoxy groups -OCH3 is 1. The Morgan fingerprint density at radius 3 is 2.73 bits per heavy atom. The maximum Gasteiger partial charge on any atom is 0.255 e. The van der Waals surface area contributed by atoms with Crippen molar-refractivity contribution in [2.75, 3.05) is 20.3 Å². The van der Waals surface area contributed by atoms with Gasteiger partial charge in [-0.2, -0.15) is 5.10 Å². The highest BCUT2D eigenvalue weighted by molar-refractivity contribution is 5.97. The molecule has 0 saturated carbocycles. The number of amides is 1. The summed E-state index contributed by atoms with van der Waals surface area (Å²) in [6, 6.07) is 17.6. The molecule has 4 rings (SSSR count). The number of rotatable bonds is 7. The highest BCUT2D eigenvalue weighted by atomic mass is 16.5. The number of ether oxygens (including phenoxy) is 1. The standard InChI is InChI=1S/C24H27N3O3/c1-30-22-10-6-5-9-20(22)23(29)25-17-24(19-7-3-2-4-8-19)12-11-21-18(15-24)16-27(26-21)13-14-28/h2-10,16,28H,11-15,17H2,1H3,(H,25,29). The van der Waals surface area contributed by atoms with Gasteiger partial charge in [0.25, 0.3) is 5.91 Å². The number of hydrogen-bond acceptors (Lipinski definition) is 4. The zero-order chi connectivity index (χ0) is 21.0. The Kier molecular flexibility index (Phi) is 5.86. The van der Waals surface area contributed by atoms with E-state index in [2.05, 4.69) is 22.5 Å². The van der Waals surface area contributed by atoms with Crippen molar-refractivity contribution in [3.8, 4) is 5.75 Å². The Morgan fingerprint density at radius 2 is 1.97 bits per heavy atom. The van der Waals surface area contributed by atoms with E-state index in [1.165, 1.54) is 11.1 Å². The number of benzene rings is 2. The molecule has 1 atom stereocenters. The van der Waals surface area contributed by atoms with Crippen molar-refractivity contribution in [2.24, 2.45) is 0 Å². The van der Waals surface area contributed by atoms with Crippen LogP contribution in [0.1, 0.15) is 33.6 Å². The maximum absolute atomic E-state index is 12.9. The number of para-hydroxylation sites is 1. The summed E-state index contributed by atoms with van der Waals surface area (Å²) in [6.45, 7) is 1.09. The predicted molar refractivity (Wildman–Crippen MR) is 115 cm³/mol. The Hall–Kier alpha value is -3.12. The summed E-state index contributed by atoms with van der Waals surface area (Å²) >= 11 is 0. The van der Waals surface area contributed by atoms with Gasteiger partial charge >= 0.3 is 0 Å². The van der Waals surface area contributed by atoms with E-state index in [0.29, 0.717) is 24.4 Å². The maximum atomic E-state index is 12.9. The molecule has 156 valence electrons. The van der Waals surface area contributed by atoms with Crippen molar-refractivity contribution in [2.45, 2.75) is 31.2 Å². The summed E-state index contributed by atoms with van der Waals surface area (Å²) in [7, 11) is 1.57. The number of nitrogens with zero attached hydrogens (tertiary/aromatic N) is 2. The summed E-state index contributed by atoms with van der Waals surface area (Å²) < 4.78 is 7.17. The van der Waals surface area contributed by atoms with Crippen LogP contribution >= 0.6 is 0 Å². The lowest BCUT2D eigenvalue weighted by molar-refractivity contribution is 0.0937. The SMILES string of the molecule is COc1ccccc1C(=O)NCC1(c2ccccc2)CCc2nn(CCO)cc2C1. The van der Waals surface area contributed by atoms with Gasteiger partial charge in [-0.3, -0.25) is 9.48 Å².